The molecule has 0 spiro atoms. The van der Waals surface area contributed by atoms with Crippen LogP contribution in [0.25, 0.3) is 0 Å². The summed E-state index contributed by atoms with van der Waals surface area (Å²) in [5, 5.41) is 0. The van der Waals surface area contributed by atoms with Crippen molar-refractivity contribution in [2.75, 3.05) is 12.4 Å². The first-order chi connectivity index (χ1) is 14.8. The van der Waals surface area contributed by atoms with Crippen LogP contribution in [0, 0.1) is 0 Å². The van der Waals surface area contributed by atoms with Crippen molar-refractivity contribution in [2.45, 2.75) is 23.9 Å². The number of carbonyl (C=O) groups excluding carboxylic acids is 1. The monoisotopic (exact) mass is 436 g/mol. The van der Waals surface area contributed by atoms with Crippen LogP contribution in [0.1, 0.15) is 28.4 Å². The molecule has 0 bridgehead atoms. The molecule has 3 aromatic rings. The second-order valence-electron chi connectivity index (χ2n) is 7.02. The number of hydrogen-bond donors (Lipinski definition) is 0. The highest BCUT2D eigenvalue weighted by Gasteiger charge is 2.52. The molecule has 1 fully saturated rings. The summed E-state index contributed by atoms with van der Waals surface area (Å²) >= 11 is 0. The molecule has 0 radical (unpaired) electrons. The number of ether oxygens (including phenoxy) is 2. The van der Waals surface area contributed by atoms with Gasteiger partial charge in [0.15, 0.2) is 0 Å². The molecule has 0 N–H and O–H groups in total. The van der Waals surface area contributed by atoms with Gasteiger partial charge in [-0.2, -0.15) is 0 Å². The van der Waals surface area contributed by atoms with Crippen LogP contribution >= 0.6 is 21.6 Å². The first kappa shape index (κ1) is 21.0. The predicted molar refractivity (Wildman–Crippen MR) is 125 cm³/mol. The van der Waals surface area contributed by atoms with Crippen molar-refractivity contribution in [3.05, 3.63) is 108 Å². The minimum atomic E-state index is -0.483. The fraction of sp³-hybridized carbons (Fsp3) is 0.240. The van der Waals surface area contributed by atoms with E-state index >= 15 is 0 Å². The van der Waals surface area contributed by atoms with Crippen molar-refractivity contribution in [2.24, 2.45) is 0 Å². The summed E-state index contributed by atoms with van der Waals surface area (Å²) in [6.07, 6.45) is -0.685. The Labute approximate surface area is 185 Å². The maximum atomic E-state index is 12.9. The van der Waals surface area contributed by atoms with Crippen LogP contribution in [0.2, 0.25) is 0 Å². The van der Waals surface area contributed by atoms with Crippen molar-refractivity contribution < 1.29 is 14.3 Å². The Balaban J connectivity index is 1.76. The summed E-state index contributed by atoms with van der Waals surface area (Å²) < 4.78 is 11.9. The highest BCUT2D eigenvalue weighted by molar-refractivity contribution is 8.77. The van der Waals surface area contributed by atoms with Crippen LogP contribution < -0.4 is 0 Å². The van der Waals surface area contributed by atoms with Gasteiger partial charge in [0.2, 0.25) is 0 Å². The molecule has 0 aliphatic carbocycles. The Morgan fingerprint density at radius 3 is 1.97 bits per heavy atom. The van der Waals surface area contributed by atoms with E-state index in [2.05, 4.69) is 24.3 Å². The van der Waals surface area contributed by atoms with Gasteiger partial charge >= 0.3 is 5.97 Å². The molecule has 30 heavy (non-hydrogen) atoms. The van der Waals surface area contributed by atoms with Gasteiger partial charge in [-0.1, -0.05) is 100 Å². The van der Waals surface area contributed by atoms with Crippen molar-refractivity contribution in [1.29, 1.82) is 0 Å². The summed E-state index contributed by atoms with van der Waals surface area (Å²) in [6, 6.07) is 29.9. The molecule has 0 aromatic heterocycles. The van der Waals surface area contributed by atoms with E-state index in [1.54, 1.807) is 33.7 Å². The second-order valence-corrected chi connectivity index (χ2v) is 9.61. The topological polar surface area (TPSA) is 35.5 Å². The number of carbonyl (C=O) groups is 1. The van der Waals surface area contributed by atoms with Gasteiger partial charge in [0, 0.05) is 12.4 Å². The van der Waals surface area contributed by atoms with Crippen molar-refractivity contribution in [3.63, 3.8) is 0 Å². The summed E-state index contributed by atoms with van der Waals surface area (Å²) in [7, 11) is 3.52. The van der Waals surface area contributed by atoms with Crippen LogP contribution in [0.5, 0.6) is 0 Å². The van der Waals surface area contributed by atoms with Crippen LogP contribution in [-0.2, 0) is 14.2 Å². The number of rotatable bonds is 6. The quantitative estimate of drug-likeness (QED) is 0.352. The van der Waals surface area contributed by atoms with E-state index in [0.29, 0.717) is 17.9 Å². The average molecular weight is 437 g/mol. The first-order valence-electron chi connectivity index (χ1n) is 10.0. The minimum Gasteiger partial charge on any atom is -0.455 e. The molecular weight excluding hydrogens is 412 g/mol. The summed E-state index contributed by atoms with van der Waals surface area (Å²) in [6.45, 7) is 2.53. The lowest BCUT2D eigenvalue weighted by Gasteiger charge is -2.46. The van der Waals surface area contributed by atoms with Crippen molar-refractivity contribution in [3.8, 4) is 0 Å². The van der Waals surface area contributed by atoms with Gasteiger partial charge in [-0.3, -0.25) is 0 Å². The SMILES string of the molecule is CCOC1C(OC(=O)c2ccccc2)CSSC1(c1ccccc1)c1ccccc1. The van der Waals surface area contributed by atoms with Gasteiger partial charge in [0.25, 0.3) is 0 Å². The Bertz CT molecular complexity index is 908. The van der Waals surface area contributed by atoms with Gasteiger partial charge in [0.1, 0.15) is 17.0 Å². The van der Waals surface area contributed by atoms with Crippen molar-refractivity contribution >= 4 is 27.6 Å². The molecule has 2 atom stereocenters. The normalized spacial score (nSPS) is 20.4. The zero-order valence-electron chi connectivity index (χ0n) is 16.8. The second kappa shape index (κ2) is 9.73. The predicted octanol–water partition coefficient (Wildman–Crippen LogP) is 5.96. The van der Waals surface area contributed by atoms with Crippen LogP contribution in [0.3, 0.4) is 0 Å². The van der Waals surface area contributed by atoms with Crippen molar-refractivity contribution in [1.82, 2.24) is 0 Å². The lowest BCUT2D eigenvalue weighted by Crippen LogP contribution is -2.51. The average Bonchev–Trinajstić information content (AvgIpc) is 2.82. The standard InChI is InChI=1S/C25H24O3S2/c1-2-27-23-22(28-24(26)19-12-6-3-7-13-19)18-29-30-25(23,20-14-8-4-9-15-20)21-16-10-5-11-17-21/h3-17,22-23H,2,18H2,1H3. The zero-order chi connectivity index (χ0) is 20.8. The highest BCUT2D eigenvalue weighted by Crippen LogP contribution is 2.56. The first-order valence-corrected chi connectivity index (χ1v) is 12.4. The molecular formula is C25H24O3S2. The fourth-order valence-corrected chi connectivity index (χ4v) is 7.27. The minimum absolute atomic E-state index is 0.312. The van der Waals surface area contributed by atoms with Crippen LogP contribution in [-0.4, -0.2) is 30.5 Å². The Morgan fingerprint density at radius 2 is 1.43 bits per heavy atom. The van der Waals surface area contributed by atoms with Gasteiger partial charge in [-0.05, 0) is 30.2 Å². The fourth-order valence-electron chi connectivity index (χ4n) is 3.83. The number of hydrogen-bond acceptors (Lipinski definition) is 5. The lowest BCUT2D eigenvalue weighted by molar-refractivity contribution is -0.0534. The largest absolute Gasteiger partial charge is 0.455 e. The van der Waals surface area contributed by atoms with E-state index in [4.69, 9.17) is 9.47 Å². The molecule has 0 saturated carbocycles. The molecule has 2 unspecified atom stereocenters. The molecule has 1 aliphatic rings. The third-order valence-corrected chi connectivity index (χ3v) is 8.28. The van der Waals surface area contributed by atoms with Crippen LogP contribution in [0.4, 0.5) is 0 Å². The molecule has 0 amide bonds. The Kier molecular flexibility index (Phi) is 6.82. The van der Waals surface area contributed by atoms with Gasteiger partial charge in [-0.15, -0.1) is 0 Å². The molecule has 4 rings (SSSR count). The maximum absolute atomic E-state index is 12.9. The lowest BCUT2D eigenvalue weighted by atomic mass is 9.83. The van der Waals surface area contributed by atoms with E-state index in [1.165, 1.54) is 0 Å². The van der Waals surface area contributed by atoms with E-state index < -0.39 is 4.75 Å². The molecule has 1 heterocycles. The molecule has 3 nitrogen and oxygen atoms in total. The highest BCUT2D eigenvalue weighted by atomic mass is 33.1. The van der Waals surface area contributed by atoms with Gasteiger partial charge < -0.3 is 9.47 Å². The summed E-state index contributed by atoms with van der Waals surface area (Å²) in [4.78, 5) is 12.9. The van der Waals surface area contributed by atoms with E-state index in [1.807, 2.05) is 61.5 Å². The number of benzene rings is 3. The van der Waals surface area contributed by atoms with Gasteiger partial charge in [-0.25, -0.2) is 4.79 Å². The Morgan fingerprint density at radius 1 is 0.900 bits per heavy atom. The van der Waals surface area contributed by atoms with Crippen LogP contribution in [0.15, 0.2) is 91.0 Å². The van der Waals surface area contributed by atoms with E-state index in [0.717, 1.165) is 11.1 Å². The molecule has 3 aromatic carbocycles. The molecule has 154 valence electrons. The van der Waals surface area contributed by atoms with Gasteiger partial charge in [0.05, 0.1) is 5.56 Å². The molecule has 5 heteroatoms. The Hall–Kier alpha value is -2.21. The summed E-state index contributed by atoms with van der Waals surface area (Å²) in [5.41, 5.74) is 2.85. The maximum Gasteiger partial charge on any atom is 0.338 e. The summed E-state index contributed by atoms with van der Waals surface area (Å²) in [5.74, 6) is 0.364. The molecule has 1 aliphatic heterocycles. The third-order valence-electron chi connectivity index (χ3n) is 5.18. The number of esters is 1. The van der Waals surface area contributed by atoms with E-state index in [9.17, 15) is 4.79 Å². The molecule has 1 saturated heterocycles. The third kappa shape index (κ3) is 4.15. The van der Waals surface area contributed by atoms with E-state index in [-0.39, 0.29) is 18.2 Å². The zero-order valence-corrected chi connectivity index (χ0v) is 18.4. The smallest absolute Gasteiger partial charge is 0.338 e.